The summed E-state index contributed by atoms with van der Waals surface area (Å²) in [5, 5.41) is 3.49. The SMILES string of the molecule is CCOC(=O)C1(Nc2ccccc2OC)CC2CCC1C2. The molecule has 21 heavy (non-hydrogen) atoms. The van der Waals surface area contributed by atoms with E-state index in [1.54, 1.807) is 7.11 Å². The predicted octanol–water partition coefficient (Wildman–Crippen LogP) is 3.23. The summed E-state index contributed by atoms with van der Waals surface area (Å²) in [6.07, 6.45) is 4.33. The molecule has 0 heterocycles. The molecule has 3 rings (SSSR count). The fraction of sp³-hybridized carbons (Fsp3) is 0.588. The predicted molar refractivity (Wildman–Crippen MR) is 81.4 cm³/mol. The van der Waals surface area contributed by atoms with Gasteiger partial charge in [-0.05, 0) is 56.6 Å². The molecule has 4 nitrogen and oxygen atoms in total. The first kappa shape index (κ1) is 14.2. The van der Waals surface area contributed by atoms with Gasteiger partial charge in [0.15, 0.2) is 0 Å². The molecule has 2 fully saturated rings. The zero-order chi connectivity index (χ0) is 14.9. The zero-order valence-electron chi connectivity index (χ0n) is 12.7. The minimum Gasteiger partial charge on any atom is -0.495 e. The van der Waals surface area contributed by atoms with Crippen LogP contribution in [0.2, 0.25) is 0 Å². The number of nitrogens with one attached hydrogen (secondary N) is 1. The van der Waals surface area contributed by atoms with Crippen LogP contribution in [0.3, 0.4) is 0 Å². The van der Waals surface area contributed by atoms with Crippen LogP contribution in [-0.4, -0.2) is 25.2 Å². The third kappa shape index (κ3) is 2.37. The highest BCUT2D eigenvalue weighted by Gasteiger charge is 2.56. The van der Waals surface area contributed by atoms with Crippen molar-refractivity contribution in [2.45, 2.75) is 38.1 Å². The standard InChI is InChI=1S/C17H23NO3/c1-3-21-16(19)17(11-12-8-9-13(17)10-12)18-14-6-4-5-7-15(14)20-2/h4-7,12-13,18H,3,8-11H2,1-2H3. The summed E-state index contributed by atoms with van der Waals surface area (Å²) in [6, 6.07) is 7.76. The number of hydrogen-bond acceptors (Lipinski definition) is 4. The van der Waals surface area contributed by atoms with Crippen molar-refractivity contribution in [3.8, 4) is 5.75 Å². The molecule has 0 spiro atoms. The molecule has 4 heteroatoms. The van der Waals surface area contributed by atoms with Gasteiger partial charge in [-0.25, -0.2) is 4.79 Å². The number of hydrogen-bond donors (Lipinski definition) is 1. The Hall–Kier alpha value is -1.71. The number of methoxy groups -OCH3 is 1. The van der Waals surface area contributed by atoms with Crippen molar-refractivity contribution in [1.29, 1.82) is 0 Å². The lowest BCUT2D eigenvalue weighted by Gasteiger charge is -2.37. The lowest BCUT2D eigenvalue weighted by molar-refractivity contribution is -0.150. The Morgan fingerprint density at radius 3 is 2.81 bits per heavy atom. The van der Waals surface area contributed by atoms with E-state index in [1.165, 1.54) is 6.42 Å². The minimum absolute atomic E-state index is 0.108. The molecule has 1 N–H and O–H groups in total. The van der Waals surface area contributed by atoms with E-state index < -0.39 is 5.54 Å². The van der Waals surface area contributed by atoms with Gasteiger partial charge in [-0.3, -0.25) is 0 Å². The molecule has 2 saturated carbocycles. The Kier molecular flexibility index (Phi) is 3.79. The van der Waals surface area contributed by atoms with Crippen molar-refractivity contribution in [2.75, 3.05) is 19.0 Å². The molecule has 1 aromatic carbocycles. The third-order valence-corrected chi connectivity index (χ3v) is 4.95. The highest BCUT2D eigenvalue weighted by molar-refractivity contribution is 5.86. The number of benzene rings is 1. The van der Waals surface area contributed by atoms with Crippen molar-refractivity contribution >= 4 is 11.7 Å². The molecule has 0 amide bonds. The molecule has 0 saturated heterocycles. The minimum atomic E-state index is -0.576. The summed E-state index contributed by atoms with van der Waals surface area (Å²) in [7, 11) is 1.65. The lowest BCUT2D eigenvalue weighted by atomic mass is 9.80. The molecule has 0 radical (unpaired) electrons. The molecule has 114 valence electrons. The average Bonchev–Trinajstić information content (AvgIpc) is 3.09. The largest absolute Gasteiger partial charge is 0.495 e. The summed E-state index contributed by atoms with van der Waals surface area (Å²) >= 11 is 0. The number of carbonyl (C=O) groups excluding carboxylic acids is 1. The number of para-hydroxylation sites is 2. The highest BCUT2D eigenvalue weighted by Crippen LogP contribution is 2.53. The van der Waals surface area contributed by atoms with Gasteiger partial charge in [-0.1, -0.05) is 12.1 Å². The van der Waals surface area contributed by atoms with E-state index in [2.05, 4.69) is 5.32 Å². The van der Waals surface area contributed by atoms with Crippen molar-refractivity contribution in [1.82, 2.24) is 0 Å². The smallest absolute Gasteiger partial charge is 0.332 e. The topological polar surface area (TPSA) is 47.6 Å². The lowest BCUT2D eigenvalue weighted by Crippen LogP contribution is -2.51. The van der Waals surface area contributed by atoms with Crippen molar-refractivity contribution in [3.05, 3.63) is 24.3 Å². The molecule has 2 aliphatic rings. The van der Waals surface area contributed by atoms with Crippen LogP contribution in [0, 0.1) is 11.8 Å². The van der Waals surface area contributed by atoms with E-state index in [4.69, 9.17) is 9.47 Å². The van der Waals surface area contributed by atoms with Crippen LogP contribution in [0.5, 0.6) is 5.75 Å². The van der Waals surface area contributed by atoms with E-state index in [0.29, 0.717) is 18.4 Å². The van der Waals surface area contributed by atoms with Gasteiger partial charge in [0, 0.05) is 0 Å². The van der Waals surface area contributed by atoms with Crippen LogP contribution in [0.15, 0.2) is 24.3 Å². The monoisotopic (exact) mass is 289 g/mol. The number of ether oxygens (including phenoxy) is 2. The van der Waals surface area contributed by atoms with E-state index in [0.717, 1.165) is 30.7 Å². The van der Waals surface area contributed by atoms with Gasteiger partial charge in [0.2, 0.25) is 0 Å². The van der Waals surface area contributed by atoms with Gasteiger partial charge in [0.25, 0.3) is 0 Å². The molecule has 3 atom stereocenters. The first-order valence-corrected chi connectivity index (χ1v) is 7.78. The second-order valence-electron chi connectivity index (χ2n) is 6.10. The molecule has 3 unspecified atom stereocenters. The molecule has 2 aliphatic carbocycles. The molecule has 0 aromatic heterocycles. The fourth-order valence-corrected chi connectivity index (χ4v) is 4.03. The van der Waals surface area contributed by atoms with E-state index in [1.807, 2.05) is 31.2 Å². The maximum Gasteiger partial charge on any atom is 0.332 e. The van der Waals surface area contributed by atoms with Gasteiger partial charge in [0.05, 0.1) is 19.4 Å². The summed E-state index contributed by atoms with van der Waals surface area (Å²) in [5.74, 6) is 1.67. The first-order valence-electron chi connectivity index (χ1n) is 7.78. The summed E-state index contributed by atoms with van der Waals surface area (Å²) < 4.78 is 10.8. The molecular formula is C17H23NO3. The number of anilines is 1. The van der Waals surface area contributed by atoms with E-state index >= 15 is 0 Å². The second-order valence-corrected chi connectivity index (χ2v) is 6.10. The van der Waals surface area contributed by atoms with Gasteiger partial charge < -0.3 is 14.8 Å². The first-order chi connectivity index (χ1) is 10.2. The van der Waals surface area contributed by atoms with Gasteiger partial charge in [-0.15, -0.1) is 0 Å². The molecule has 2 bridgehead atoms. The molecular weight excluding hydrogens is 266 g/mol. The van der Waals surface area contributed by atoms with Crippen LogP contribution in [0.4, 0.5) is 5.69 Å². The Morgan fingerprint density at radius 2 is 2.19 bits per heavy atom. The Balaban J connectivity index is 1.92. The van der Waals surface area contributed by atoms with Crippen molar-refractivity contribution in [2.24, 2.45) is 11.8 Å². The summed E-state index contributed by atoms with van der Waals surface area (Å²) in [4.78, 5) is 12.6. The van der Waals surface area contributed by atoms with Gasteiger partial charge >= 0.3 is 5.97 Å². The van der Waals surface area contributed by atoms with Crippen LogP contribution in [0.25, 0.3) is 0 Å². The van der Waals surface area contributed by atoms with Crippen LogP contribution in [0.1, 0.15) is 32.6 Å². The number of carbonyl (C=O) groups is 1. The number of fused-ring (bicyclic) bond motifs is 2. The zero-order valence-corrected chi connectivity index (χ0v) is 12.7. The van der Waals surface area contributed by atoms with Gasteiger partial charge in [0.1, 0.15) is 11.3 Å². The Morgan fingerprint density at radius 1 is 1.38 bits per heavy atom. The normalized spacial score (nSPS) is 30.2. The van der Waals surface area contributed by atoms with E-state index in [-0.39, 0.29) is 5.97 Å². The number of rotatable bonds is 5. The average molecular weight is 289 g/mol. The number of esters is 1. The van der Waals surface area contributed by atoms with Crippen LogP contribution < -0.4 is 10.1 Å². The molecule has 1 aromatic rings. The van der Waals surface area contributed by atoms with Crippen molar-refractivity contribution < 1.29 is 14.3 Å². The molecule has 0 aliphatic heterocycles. The second kappa shape index (κ2) is 5.58. The summed E-state index contributed by atoms with van der Waals surface area (Å²) in [5.41, 5.74) is 0.300. The van der Waals surface area contributed by atoms with E-state index in [9.17, 15) is 4.79 Å². The maximum absolute atomic E-state index is 12.6. The maximum atomic E-state index is 12.6. The quantitative estimate of drug-likeness (QED) is 0.845. The van der Waals surface area contributed by atoms with Crippen LogP contribution >= 0.6 is 0 Å². The Labute approximate surface area is 125 Å². The Bertz CT molecular complexity index is 531. The van der Waals surface area contributed by atoms with Crippen molar-refractivity contribution in [3.63, 3.8) is 0 Å². The third-order valence-electron chi connectivity index (χ3n) is 4.95. The highest BCUT2D eigenvalue weighted by atomic mass is 16.5. The van der Waals surface area contributed by atoms with Gasteiger partial charge in [-0.2, -0.15) is 0 Å². The van der Waals surface area contributed by atoms with Crippen LogP contribution in [-0.2, 0) is 9.53 Å². The summed E-state index contributed by atoms with van der Waals surface area (Å²) in [6.45, 7) is 2.29. The fourth-order valence-electron chi connectivity index (χ4n) is 4.03.